The Kier molecular flexibility index (Phi) is 5.57. The molecule has 20 heavy (non-hydrogen) atoms. The van der Waals surface area contributed by atoms with Crippen molar-refractivity contribution < 1.29 is 9.53 Å². The van der Waals surface area contributed by atoms with Crippen LogP contribution < -0.4 is 15.4 Å². The lowest BCUT2D eigenvalue weighted by Crippen LogP contribution is -2.35. The first-order chi connectivity index (χ1) is 9.23. The van der Waals surface area contributed by atoms with Gasteiger partial charge in [0.25, 0.3) is 0 Å². The average molecular weight is 278 g/mol. The molecule has 4 nitrogen and oxygen atoms in total. The maximum Gasteiger partial charge on any atom is 0.228 e. The monoisotopic (exact) mass is 278 g/mol. The minimum absolute atomic E-state index is 0.0342. The van der Waals surface area contributed by atoms with E-state index in [9.17, 15) is 4.79 Å². The van der Waals surface area contributed by atoms with E-state index in [1.54, 1.807) is 19.1 Å². The zero-order valence-corrected chi connectivity index (χ0v) is 13.1. The molecule has 112 valence electrons. The van der Waals surface area contributed by atoms with Gasteiger partial charge in [-0.15, -0.1) is 0 Å². The molecular weight excluding hydrogens is 252 g/mol. The van der Waals surface area contributed by atoms with Crippen molar-refractivity contribution in [3.63, 3.8) is 0 Å². The first kappa shape index (κ1) is 16.5. The van der Waals surface area contributed by atoms with Gasteiger partial charge in [-0.25, -0.2) is 0 Å². The van der Waals surface area contributed by atoms with E-state index in [-0.39, 0.29) is 17.4 Å². The average Bonchev–Trinajstić information content (AvgIpc) is 2.35. The number of hydrogen-bond donors (Lipinski definition) is 1. The number of carbonyl (C=O) groups is 1. The molecule has 0 aliphatic heterocycles. The zero-order valence-electron chi connectivity index (χ0n) is 13.1. The van der Waals surface area contributed by atoms with Crippen LogP contribution in [0.1, 0.15) is 33.6 Å². The Labute approximate surface area is 121 Å². The summed E-state index contributed by atoms with van der Waals surface area (Å²) < 4.78 is 5.11. The van der Waals surface area contributed by atoms with Crippen molar-refractivity contribution in [3.8, 4) is 5.75 Å². The van der Waals surface area contributed by atoms with E-state index in [1.807, 2.05) is 24.3 Å². The van der Waals surface area contributed by atoms with Gasteiger partial charge < -0.3 is 15.4 Å². The number of nitrogens with two attached hydrogens (primary N) is 1. The third kappa shape index (κ3) is 5.21. The second-order valence-electron chi connectivity index (χ2n) is 6.38. The van der Waals surface area contributed by atoms with Crippen LogP contribution in [-0.2, 0) is 4.79 Å². The molecule has 1 aromatic rings. The molecule has 1 amide bonds. The molecule has 1 atom stereocenters. The lowest BCUT2D eigenvalue weighted by Gasteiger charge is -2.25. The molecule has 1 unspecified atom stereocenters. The summed E-state index contributed by atoms with van der Waals surface area (Å²) in [6, 6.07) is 7.31. The first-order valence-electron chi connectivity index (χ1n) is 6.89. The van der Waals surface area contributed by atoms with Crippen LogP contribution in [0, 0.1) is 5.41 Å². The van der Waals surface area contributed by atoms with Crippen molar-refractivity contribution in [2.24, 2.45) is 11.1 Å². The van der Waals surface area contributed by atoms with E-state index in [1.165, 1.54) is 0 Å². The van der Waals surface area contributed by atoms with Gasteiger partial charge in [0, 0.05) is 25.2 Å². The van der Waals surface area contributed by atoms with Gasteiger partial charge in [-0.05, 0) is 36.1 Å². The molecule has 0 heterocycles. The molecule has 0 bridgehead atoms. The highest BCUT2D eigenvalue weighted by atomic mass is 16.5. The maximum absolute atomic E-state index is 12.2. The number of nitrogens with zero attached hydrogens (tertiary/aromatic N) is 1. The van der Waals surface area contributed by atoms with Gasteiger partial charge in [0.1, 0.15) is 5.75 Å². The third-order valence-electron chi connectivity index (χ3n) is 3.15. The summed E-state index contributed by atoms with van der Waals surface area (Å²) in [6.07, 6.45) is 1.19. The van der Waals surface area contributed by atoms with Crippen LogP contribution in [0.3, 0.4) is 0 Å². The predicted molar refractivity (Wildman–Crippen MR) is 83.1 cm³/mol. The van der Waals surface area contributed by atoms with Crippen LogP contribution in [0.15, 0.2) is 24.3 Å². The fourth-order valence-corrected chi connectivity index (χ4v) is 2.17. The van der Waals surface area contributed by atoms with Gasteiger partial charge in [-0.1, -0.05) is 20.8 Å². The van der Waals surface area contributed by atoms with Crippen LogP contribution in [0.5, 0.6) is 5.75 Å². The molecule has 0 fully saturated rings. The largest absolute Gasteiger partial charge is 0.497 e. The van der Waals surface area contributed by atoms with E-state index in [0.717, 1.165) is 17.9 Å². The van der Waals surface area contributed by atoms with Crippen molar-refractivity contribution in [2.75, 3.05) is 19.1 Å². The van der Waals surface area contributed by atoms with Gasteiger partial charge in [-0.3, -0.25) is 4.79 Å². The summed E-state index contributed by atoms with van der Waals surface area (Å²) in [5, 5.41) is 0. The molecule has 2 N–H and O–H groups in total. The summed E-state index contributed by atoms with van der Waals surface area (Å²) >= 11 is 0. The quantitative estimate of drug-likeness (QED) is 0.901. The van der Waals surface area contributed by atoms with Gasteiger partial charge in [-0.2, -0.15) is 0 Å². The molecular formula is C16H26N2O2. The number of hydrogen-bond acceptors (Lipinski definition) is 3. The number of carbonyl (C=O) groups excluding carboxylic acids is 1. The lowest BCUT2D eigenvalue weighted by atomic mass is 9.87. The molecule has 1 rings (SSSR count). The molecule has 0 aromatic heterocycles. The highest BCUT2D eigenvalue weighted by molar-refractivity contribution is 5.93. The van der Waals surface area contributed by atoms with Crippen LogP contribution in [-0.4, -0.2) is 26.1 Å². The van der Waals surface area contributed by atoms with Crippen LogP contribution in [0.25, 0.3) is 0 Å². The first-order valence-corrected chi connectivity index (χ1v) is 6.89. The summed E-state index contributed by atoms with van der Waals surface area (Å²) in [6.45, 7) is 6.39. The Bertz CT molecular complexity index is 435. The molecule has 0 aliphatic rings. The van der Waals surface area contributed by atoms with E-state index in [2.05, 4.69) is 20.8 Å². The molecule has 1 aromatic carbocycles. The fourth-order valence-electron chi connectivity index (χ4n) is 2.17. The van der Waals surface area contributed by atoms with Crippen molar-refractivity contribution >= 4 is 11.6 Å². The number of benzene rings is 1. The SMILES string of the molecule is COc1ccc(N(C)C(=O)CC(N)CC(C)(C)C)cc1. The van der Waals surface area contributed by atoms with Crippen molar-refractivity contribution in [1.82, 2.24) is 0 Å². The second kappa shape index (κ2) is 6.75. The number of methoxy groups -OCH3 is 1. The van der Waals surface area contributed by atoms with Crippen molar-refractivity contribution in [3.05, 3.63) is 24.3 Å². The van der Waals surface area contributed by atoms with Gasteiger partial charge in [0.15, 0.2) is 0 Å². The van der Waals surface area contributed by atoms with E-state index < -0.39 is 0 Å². The van der Waals surface area contributed by atoms with Crippen LogP contribution in [0.4, 0.5) is 5.69 Å². The van der Waals surface area contributed by atoms with Gasteiger partial charge in [0.05, 0.1) is 7.11 Å². The summed E-state index contributed by atoms with van der Waals surface area (Å²) in [5.41, 5.74) is 7.04. The predicted octanol–water partition coefficient (Wildman–Crippen LogP) is 2.81. The Morgan fingerprint density at radius 1 is 1.30 bits per heavy atom. The van der Waals surface area contributed by atoms with Crippen LogP contribution in [0.2, 0.25) is 0 Å². The highest BCUT2D eigenvalue weighted by Gasteiger charge is 2.20. The summed E-state index contributed by atoms with van der Waals surface area (Å²) in [7, 11) is 3.39. The standard InChI is InChI=1S/C16H26N2O2/c1-16(2,3)11-12(17)10-15(19)18(4)13-6-8-14(20-5)9-7-13/h6-9,12H,10-11,17H2,1-5H3. The number of anilines is 1. The second-order valence-corrected chi connectivity index (χ2v) is 6.38. The maximum atomic E-state index is 12.2. The molecule has 4 heteroatoms. The minimum Gasteiger partial charge on any atom is -0.497 e. The Hall–Kier alpha value is -1.55. The minimum atomic E-state index is -0.108. The smallest absolute Gasteiger partial charge is 0.228 e. The number of ether oxygens (including phenoxy) is 1. The summed E-state index contributed by atoms with van der Waals surface area (Å²) in [4.78, 5) is 13.8. The molecule has 0 aliphatic carbocycles. The van der Waals surface area contributed by atoms with E-state index in [0.29, 0.717) is 6.42 Å². The van der Waals surface area contributed by atoms with E-state index >= 15 is 0 Å². The van der Waals surface area contributed by atoms with Crippen molar-refractivity contribution in [1.29, 1.82) is 0 Å². The number of amides is 1. The molecule has 0 radical (unpaired) electrons. The fraction of sp³-hybridized carbons (Fsp3) is 0.562. The Morgan fingerprint density at radius 3 is 2.30 bits per heavy atom. The normalized spacial score (nSPS) is 12.9. The highest BCUT2D eigenvalue weighted by Crippen LogP contribution is 2.23. The zero-order chi connectivity index (χ0) is 15.3. The van der Waals surface area contributed by atoms with Crippen molar-refractivity contribution in [2.45, 2.75) is 39.7 Å². The van der Waals surface area contributed by atoms with E-state index in [4.69, 9.17) is 10.5 Å². The molecule has 0 saturated heterocycles. The van der Waals surface area contributed by atoms with Gasteiger partial charge in [0.2, 0.25) is 5.91 Å². The third-order valence-corrected chi connectivity index (χ3v) is 3.15. The molecule has 0 spiro atoms. The number of rotatable bonds is 5. The topological polar surface area (TPSA) is 55.6 Å². The Morgan fingerprint density at radius 2 is 1.85 bits per heavy atom. The summed E-state index contributed by atoms with van der Waals surface area (Å²) in [5.74, 6) is 0.811. The lowest BCUT2D eigenvalue weighted by molar-refractivity contribution is -0.118. The molecule has 0 saturated carbocycles. The van der Waals surface area contributed by atoms with Crippen LogP contribution >= 0.6 is 0 Å². The van der Waals surface area contributed by atoms with Gasteiger partial charge >= 0.3 is 0 Å². The Balaban J connectivity index is 2.62.